The molecule has 1 aromatic carbocycles. The van der Waals surface area contributed by atoms with Gasteiger partial charge in [0.1, 0.15) is 23.4 Å². The lowest BCUT2D eigenvalue weighted by Gasteiger charge is -2.34. The van der Waals surface area contributed by atoms with E-state index in [4.69, 9.17) is 4.74 Å². The Hall–Kier alpha value is -2.81. The number of aryl methyl sites for hydroxylation is 1. The zero-order valence-electron chi connectivity index (χ0n) is 20.8. The van der Waals surface area contributed by atoms with Gasteiger partial charge in [0.2, 0.25) is 11.8 Å². The second kappa shape index (κ2) is 12.4. The SMILES string of the molecule is CCCC(C)NC(=O)C(c1ccc(O)c(C)c1)N(CC)C(=O)C(CO)NC(=O)OC(C)(C)C. The van der Waals surface area contributed by atoms with Gasteiger partial charge in [0.15, 0.2) is 0 Å². The molecule has 3 amide bonds. The van der Waals surface area contributed by atoms with E-state index in [0.717, 1.165) is 12.8 Å². The third kappa shape index (κ3) is 8.57. The van der Waals surface area contributed by atoms with Crippen LogP contribution in [-0.4, -0.2) is 63.9 Å². The summed E-state index contributed by atoms with van der Waals surface area (Å²) in [4.78, 5) is 40.2. The van der Waals surface area contributed by atoms with Gasteiger partial charge in [-0.3, -0.25) is 9.59 Å². The van der Waals surface area contributed by atoms with E-state index in [1.54, 1.807) is 46.8 Å². The molecule has 0 aliphatic rings. The van der Waals surface area contributed by atoms with Crippen LogP contribution in [0.15, 0.2) is 18.2 Å². The lowest BCUT2D eigenvalue weighted by molar-refractivity contribution is -0.143. The molecule has 3 atom stereocenters. The molecule has 9 nitrogen and oxygen atoms in total. The van der Waals surface area contributed by atoms with Crippen molar-refractivity contribution in [1.29, 1.82) is 0 Å². The van der Waals surface area contributed by atoms with Crippen LogP contribution in [0.5, 0.6) is 5.75 Å². The number of nitrogens with one attached hydrogen (secondary N) is 2. The van der Waals surface area contributed by atoms with Gasteiger partial charge < -0.3 is 30.5 Å². The molecule has 0 radical (unpaired) electrons. The van der Waals surface area contributed by atoms with Gasteiger partial charge in [0, 0.05) is 12.6 Å². The largest absolute Gasteiger partial charge is 0.508 e. The molecule has 0 aliphatic carbocycles. The molecule has 3 unspecified atom stereocenters. The molecule has 0 saturated heterocycles. The standard InChI is InChI=1S/C24H39N3O6/c1-8-10-16(4)25-21(30)20(17-11-12-19(29)15(3)13-17)27(9-2)22(31)18(14-28)26-23(32)33-24(5,6)7/h11-13,16,18,20,28-29H,8-10,14H2,1-7H3,(H,25,30)(H,26,32). The van der Waals surface area contributed by atoms with E-state index < -0.39 is 36.3 Å². The molecule has 0 aliphatic heterocycles. The van der Waals surface area contributed by atoms with Gasteiger partial charge in [-0.25, -0.2) is 4.79 Å². The van der Waals surface area contributed by atoms with Crippen LogP contribution in [0.25, 0.3) is 0 Å². The van der Waals surface area contributed by atoms with E-state index in [-0.39, 0.29) is 24.2 Å². The molecule has 9 heteroatoms. The van der Waals surface area contributed by atoms with E-state index >= 15 is 0 Å². The van der Waals surface area contributed by atoms with Gasteiger partial charge in [-0.15, -0.1) is 0 Å². The predicted molar refractivity (Wildman–Crippen MR) is 126 cm³/mol. The Morgan fingerprint density at radius 1 is 1.15 bits per heavy atom. The average Bonchev–Trinajstić information content (AvgIpc) is 2.70. The number of aromatic hydroxyl groups is 1. The number of rotatable bonds is 10. The predicted octanol–water partition coefficient (Wildman–Crippen LogP) is 2.78. The van der Waals surface area contributed by atoms with Crippen LogP contribution >= 0.6 is 0 Å². The summed E-state index contributed by atoms with van der Waals surface area (Å²) in [7, 11) is 0. The van der Waals surface area contributed by atoms with E-state index in [9.17, 15) is 24.6 Å². The maximum atomic E-state index is 13.4. The second-order valence-corrected chi connectivity index (χ2v) is 9.15. The number of carbonyl (C=O) groups excluding carboxylic acids is 3. The van der Waals surface area contributed by atoms with Crippen molar-refractivity contribution >= 4 is 17.9 Å². The summed E-state index contributed by atoms with van der Waals surface area (Å²) < 4.78 is 5.20. The number of aliphatic hydroxyl groups is 1. The molecule has 1 rings (SSSR count). The number of amides is 3. The Labute approximate surface area is 196 Å². The first kappa shape index (κ1) is 28.2. The van der Waals surface area contributed by atoms with Crippen LogP contribution in [0, 0.1) is 6.92 Å². The highest BCUT2D eigenvalue weighted by Gasteiger charge is 2.35. The number of carbonyl (C=O) groups is 3. The van der Waals surface area contributed by atoms with Crippen molar-refractivity contribution in [2.75, 3.05) is 13.2 Å². The zero-order valence-corrected chi connectivity index (χ0v) is 20.8. The fraction of sp³-hybridized carbons (Fsp3) is 0.625. The van der Waals surface area contributed by atoms with Crippen molar-refractivity contribution in [3.05, 3.63) is 29.3 Å². The van der Waals surface area contributed by atoms with Crippen molar-refractivity contribution < 1.29 is 29.3 Å². The number of aliphatic hydroxyl groups excluding tert-OH is 1. The van der Waals surface area contributed by atoms with Crippen LogP contribution in [0.4, 0.5) is 4.79 Å². The third-order valence-electron chi connectivity index (χ3n) is 5.00. The van der Waals surface area contributed by atoms with Crippen LogP contribution in [0.2, 0.25) is 0 Å². The summed E-state index contributed by atoms with van der Waals surface area (Å²) in [5.41, 5.74) is 0.288. The number of alkyl carbamates (subject to hydrolysis) is 1. The summed E-state index contributed by atoms with van der Waals surface area (Å²) in [6, 6.07) is 2.29. The maximum Gasteiger partial charge on any atom is 0.408 e. The van der Waals surface area contributed by atoms with Crippen molar-refractivity contribution in [1.82, 2.24) is 15.5 Å². The van der Waals surface area contributed by atoms with E-state index in [2.05, 4.69) is 10.6 Å². The first-order valence-electron chi connectivity index (χ1n) is 11.3. The number of hydrogen-bond donors (Lipinski definition) is 4. The molecule has 186 valence electrons. The first-order valence-corrected chi connectivity index (χ1v) is 11.3. The molecule has 0 heterocycles. The van der Waals surface area contributed by atoms with Crippen molar-refractivity contribution in [2.45, 2.75) is 85.0 Å². The minimum Gasteiger partial charge on any atom is -0.508 e. The summed E-state index contributed by atoms with van der Waals surface area (Å²) in [5, 5.41) is 25.1. The fourth-order valence-corrected chi connectivity index (χ4v) is 3.45. The molecule has 0 fully saturated rings. The Morgan fingerprint density at radius 3 is 2.27 bits per heavy atom. The fourth-order valence-electron chi connectivity index (χ4n) is 3.45. The summed E-state index contributed by atoms with van der Waals surface area (Å²) >= 11 is 0. The zero-order chi connectivity index (χ0) is 25.3. The topological polar surface area (TPSA) is 128 Å². The summed E-state index contributed by atoms with van der Waals surface area (Å²) in [5.74, 6) is -0.934. The van der Waals surface area contributed by atoms with E-state index in [1.165, 1.54) is 11.0 Å². The number of likely N-dealkylation sites (N-methyl/N-ethyl adjacent to an activating group) is 1. The second-order valence-electron chi connectivity index (χ2n) is 9.15. The van der Waals surface area contributed by atoms with Crippen LogP contribution in [0.1, 0.15) is 71.6 Å². The maximum absolute atomic E-state index is 13.4. The highest BCUT2D eigenvalue weighted by molar-refractivity contribution is 5.92. The van der Waals surface area contributed by atoms with Crippen molar-refractivity contribution in [2.24, 2.45) is 0 Å². The molecule has 0 spiro atoms. The van der Waals surface area contributed by atoms with Gasteiger partial charge in [-0.2, -0.15) is 0 Å². The monoisotopic (exact) mass is 465 g/mol. The van der Waals surface area contributed by atoms with E-state index in [1.807, 2.05) is 13.8 Å². The van der Waals surface area contributed by atoms with Crippen molar-refractivity contribution in [3.8, 4) is 5.75 Å². The Morgan fingerprint density at radius 2 is 1.79 bits per heavy atom. The van der Waals surface area contributed by atoms with Gasteiger partial charge >= 0.3 is 6.09 Å². The molecule has 0 bridgehead atoms. The smallest absolute Gasteiger partial charge is 0.408 e. The number of ether oxygens (including phenoxy) is 1. The van der Waals surface area contributed by atoms with Gasteiger partial charge in [0.25, 0.3) is 0 Å². The molecule has 4 N–H and O–H groups in total. The van der Waals surface area contributed by atoms with Crippen LogP contribution in [-0.2, 0) is 14.3 Å². The Kier molecular flexibility index (Phi) is 10.6. The van der Waals surface area contributed by atoms with Gasteiger partial charge in [0.05, 0.1) is 6.61 Å². The normalized spacial score (nSPS) is 14.1. The number of phenols is 1. The molecule has 33 heavy (non-hydrogen) atoms. The molecule has 0 saturated carbocycles. The van der Waals surface area contributed by atoms with Gasteiger partial charge in [-0.05, 0) is 71.2 Å². The van der Waals surface area contributed by atoms with Crippen LogP contribution < -0.4 is 10.6 Å². The lowest BCUT2D eigenvalue weighted by Crippen LogP contribution is -2.54. The lowest BCUT2D eigenvalue weighted by atomic mass is 10.00. The number of phenolic OH excluding ortho intramolecular Hbond substituents is 1. The number of hydrogen-bond acceptors (Lipinski definition) is 6. The van der Waals surface area contributed by atoms with Gasteiger partial charge in [-0.1, -0.05) is 19.4 Å². The Bertz CT molecular complexity index is 821. The Balaban J connectivity index is 3.30. The molecular weight excluding hydrogens is 426 g/mol. The van der Waals surface area contributed by atoms with E-state index in [0.29, 0.717) is 11.1 Å². The van der Waals surface area contributed by atoms with Crippen LogP contribution in [0.3, 0.4) is 0 Å². The summed E-state index contributed by atoms with van der Waals surface area (Å²) in [6.45, 7) is 11.9. The average molecular weight is 466 g/mol. The highest BCUT2D eigenvalue weighted by atomic mass is 16.6. The highest BCUT2D eigenvalue weighted by Crippen LogP contribution is 2.27. The molecular formula is C24H39N3O6. The third-order valence-corrected chi connectivity index (χ3v) is 5.00. The minimum absolute atomic E-state index is 0.0754. The number of benzene rings is 1. The molecule has 0 aromatic heterocycles. The van der Waals surface area contributed by atoms with Crippen molar-refractivity contribution in [3.63, 3.8) is 0 Å². The molecule has 1 aromatic rings. The number of nitrogens with zero attached hydrogens (tertiary/aromatic N) is 1. The quantitative estimate of drug-likeness (QED) is 0.421. The minimum atomic E-state index is -1.29. The summed E-state index contributed by atoms with van der Waals surface area (Å²) in [6.07, 6.45) is 0.809. The first-order chi connectivity index (χ1) is 15.3.